The Bertz CT molecular complexity index is 601. The molecular formula is C13H11ClFN3O. The second-order valence-electron chi connectivity index (χ2n) is 3.76. The first-order valence-electron chi connectivity index (χ1n) is 5.50. The standard InChI is InChI=1S/C13H11ClFN3O/c1-16-9-3-5-11(17-7-9)13(19)18-12-6-8(14)2-4-10(12)15/h2-7,16H,1H3,(H,18,19). The summed E-state index contributed by atoms with van der Waals surface area (Å²) in [7, 11) is 1.75. The second-order valence-corrected chi connectivity index (χ2v) is 4.20. The van der Waals surface area contributed by atoms with Crippen LogP contribution in [0.2, 0.25) is 5.02 Å². The number of aromatic nitrogens is 1. The molecule has 0 atom stereocenters. The normalized spacial score (nSPS) is 10.1. The van der Waals surface area contributed by atoms with Crippen LogP contribution >= 0.6 is 11.6 Å². The van der Waals surface area contributed by atoms with E-state index < -0.39 is 11.7 Å². The van der Waals surface area contributed by atoms with Gasteiger partial charge in [-0.25, -0.2) is 9.37 Å². The van der Waals surface area contributed by atoms with E-state index in [4.69, 9.17) is 11.6 Å². The number of hydrogen-bond acceptors (Lipinski definition) is 3. The van der Waals surface area contributed by atoms with Gasteiger partial charge in [0.2, 0.25) is 0 Å². The number of halogens is 2. The Balaban J connectivity index is 2.18. The van der Waals surface area contributed by atoms with Crippen molar-refractivity contribution >= 4 is 28.9 Å². The fourth-order valence-corrected chi connectivity index (χ4v) is 1.63. The van der Waals surface area contributed by atoms with Gasteiger partial charge in [-0.2, -0.15) is 0 Å². The highest BCUT2D eigenvalue weighted by Crippen LogP contribution is 2.20. The van der Waals surface area contributed by atoms with E-state index in [0.717, 1.165) is 5.69 Å². The maximum atomic E-state index is 13.5. The van der Waals surface area contributed by atoms with E-state index in [9.17, 15) is 9.18 Å². The summed E-state index contributed by atoms with van der Waals surface area (Å²) in [5.74, 6) is -1.05. The number of benzene rings is 1. The van der Waals surface area contributed by atoms with Gasteiger partial charge in [0.05, 0.1) is 17.6 Å². The summed E-state index contributed by atoms with van der Waals surface area (Å²) in [4.78, 5) is 15.8. The average Bonchev–Trinajstić information content (AvgIpc) is 2.43. The summed E-state index contributed by atoms with van der Waals surface area (Å²) in [5, 5.41) is 5.65. The lowest BCUT2D eigenvalue weighted by Crippen LogP contribution is -2.14. The van der Waals surface area contributed by atoms with Crippen molar-refractivity contribution in [2.24, 2.45) is 0 Å². The third-order valence-electron chi connectivity index (χ3n) is 2.46. The Kier molecular flexibility index (Phi) is 3.97. The summed E-state index contributed by atoms with van der Waals surface area (Å²) >= 11 is 5.74. The molecule has 0 aliphatic rings. The first kappa shape index (κ1) is 13.3. The molecule has 0 fully saturated rings. The molecule has 0 bridgehead atoms. The maximum absolute atomic E-state index is 13.5. The monoisotopic (exact) mass is 279 g/mol. The molecule has 0 unspecified atom stereocenters. The van der Waals surface area contributed by atoms with E-state index in [1.165, 1.54) is 24.4 Å². The zero-order valence-corrected chi connectivity index (χ0v) is 10.8. The molecule has 98 valence electrons. The van der Waals surface area contributed by atoms with E-state index in [-0.39, 0.29) is 11.4 Å². The number of carbonyl (C=O) groups is 1. The molecule has 0 saturated carbocycles. The minimum atomic E-state index is -0.551. The van der Waals surface area contributed by atoms with Gasteiger partial charge in [-0.05, 0) is 30.3 Å². The van der Waals surface area contributed by atoms with Crippen LogP contribution in [0.15, 0.2) is 36.5 Å². The van der Waals surface area contributed by atoms with Crippen molar-refractivity contribution in [1.29, 1.82) is 0 Å². The Morgan fingerprint density at radius 1 is 1.32 bits per heavy atom. The van der Waals surface area contributed by atoms with E-state index in [2.05, 4.69) is 15.6 Å². The number of carbonyl (C=O) groups excluding carboxylic acids is 1. The number of nitrogens with one attached hydrogen (secondary N) is 2. The predicted molar refractivity (Wildman–Crippen MR) is 73.1 cm³/mol. The van der Waals surface area contributed by atoms with Crippen LogP contribution in [0, 0.1) is 5.82 Å². The quantitative estimate of drug-likeness (QED) is 0.907. The summed E-state index contributed by atoms with van der Waals surface area (Å²) in [6, 6.07) is 7.19. The fourth-order valence-electron chi connectivity index (χ4n) is 1.46. The van der Waals surface area contributed by atoms with E-state index in [0.29, 0.717) is 5.02 Å². The van der Waals surface area contributed by atoms with Crippen LogP contribution in [0.1, 0.15) is 10.5 Å². The van der Waals surface area contributed by atoms with Crippen molar-refractivity contribution in [2.45, 2.75) is 0 Å². The topological polar surface area (TPSA) is 54.0 Å². The molecule has 0 aliphatic carbocycles. The Labute approximate surface area is 114 Å². The van der Waals surface area contributed by atoms with Gasteiger partial charge in [-0.1, -0.05) is 11.6 Å². The molecule has 1 aromatic carbocycles. The Morgan fingerprint density at radius 2 is 2.11 bits per heavy atom. The fraction of sp³-hybridized carbons (Fsp3) is 0.0769. The summed E-state index contributed by atoms with van der Waals surface area (Å²) in [6.07, 6.45) is 1.52. The van der Waals surface area contributed by atoms with Crippen molar-refractivity contribution in [2.75, 3.05) is 17.7 Å². The molecule has 2 rings (SSSR count). The van der Waals surface area contributed by atoms with Gasteiger partial charge in [0.15, 0.2) is 0 Å². The van der Waals surface area contributed by atoms with Crippen molar-refractivity contribution in [3.05, 3.63) is 53.1 Å². The van der Waals surface area contributed by atoms with Crippen LogP contribution in [0.25, 0.3) is 0 Å². The number of anilines is 2. The van der Waals surface area contributed by atoms with Gasteiger partial charge >= 0.3 is 0 Å². The lowest BCUT2D eigenvalue weighted by Gasteiger charge is -2.07. The van der Waals surface area contributed by atoms with Crippen LogP contribution in [0.3, 0.4) is 0 Å². The number of rotatable bonds is 3. The van der Waals surface area contributed by atoms with Crippen LogP contribution in [0.4, 0.5) is 15.8 Å². The maximum Gasteiger partial charge on any atom is 0.274 e. The molecular weight excluding hydrogens is 269 g/mol. The zero-order valence-electron chi connectivity index (χ0n) is 10.1. The van der Waals surface area contributed by atoms with Crippen LogP contribution in [-0.2, 0) is 0 Å². The van der Waals surface area contributed by atoms with Gasteiger partial charge in [-0.15, -0.1) is 0 Å². The molecule has 2 aromatic rings. The van der Waals surface area contributed by atoms with Crippen molar-refractivity contribution in [3.8, 4) is 0 Å². The SMILES string of the molecule is CNc1ccc(C(=O)Nc2cc(Cl)ccc2F)nc1. The second kappa shape index (κ2) is 5.67. The number of amides is 1. The summed E-state index contributed by atoms with van der Waals surface area (Å²) in [5.41, 5.74) is 1.00. The van der Waals surface area contributed by atoms with Gasteiger partial charge in [0.25, 0.3) is 5.91 Å². The van der Waals surface area contributed by atoms with Crippen LogP contribution < -0.4 is 10.6 Å². The predicted octanol–water partition coefficient (Wildman–Crippen LogP) is 3.17. The molecule has 0 radical (unpaired) electrons. The van der Waals surface area contributed by atoms with Crippen molar-refractivity contribution in [3.63, 3.8) is 0 Å². The van der Waals surface area contributed by atoms with Gasteiger partial charge in [0, 0.05) is 12.1 Å². The molecule has 1 amide bonds. The minimum Gasteiger partial charge on any atom is -0.387 e. The van der Waals surface area contributed by atoms with Gasteiger partial charge in [0.1, 0.15) is 11.5 Å². The number of nitrogens with zero attached hydrogens (tertiary/aromatic N) is 1. The Hall–Kier alpha value is -2.14. The van der Waals surface area contributed by atoms with Gasteiger partial charge < -0.3 is 10.6 Å². The molecule has 6 heteroatoms. The molecule has 0 aliphatic heterocycles. The lowest BCUT2D eigenvalue weighted by molar-refractivity contribution is 0.102. The molecule has 2 N–H and O–H groups in total. The molecule has 0 saturated heterocycles. The molecule has 1 heterocycles. The average molecular weight is 280 g/mol. The third kappa shape index (κ3) is 3.20. The highest BCUT2D eigenvalue weighted by atomic mass is 35.5. The first-order valence-corrected chi connectivity index (χ1v) is 5.88. The molecule has 1 aromatic heterocycles. The lowest BCUT2D eigenvalue weighted by atomic mass is 10.2. The van der Waals surface area contributed by atoms with Crippen molar-refractivity contribution < 1.29 is 9.18 Å². The number of hydrogen-bond donors (Lipinski definition) is 2. The zero-order chi connectivity index (χ0) is 13.8. The largest absolute Gasteiger partial charge is 0.387 e. The third-order valence-corrected chi connectivity index (χ3v) is 2.70. The summed E-state index contributed by atoms with van der Waals surface area (Å²) in [6.45, 7) is 0. The smallest absolute Gasteiger partial charge is 0.274 e. The Morgan fingerprint density at radius 3 is 2.74 bits per heavy atom. The minimum absolute atomic E-state index is 0.0250. The van der Waals surface area contributed by atoms with E-state index in [1.54, 1.807) is 19.2 Å². The van der Waals surface area contributed by atoms with Crippen molar-refractivity contribution in [1.82, 2.24) is 4.98 Å². The van der Waals surface area contributed by atoms with Gasteiger partial charge in [-0.3, -0.25) is 4.79 Å². The van der Waals surface area contributed by atoms with Crippen LogP contribution in [0.5, 0.6) is 0 Å². The molecule has 19 heavy (non-hydrogen) atoms. The summed E-state index contributed by atoms with van der Waals surface area (Å²) < 4.78 is 13.5. The van der Waals surface area contributed by atoms with E-state index in [1.807, 2.05) is 0 Å². The molecule has 4 nitrogen and oxygen atoms in total. The highest BCUT2D eigenvalue weighted by molar-refractivity contribution is 6.31. The molecule has 0 spiro atoms. The van der Waals surface area contributed by atoms with E-state index >= 15 is 0 Å². The number of pyridine rings is 1. The first-order chi connectivity index (χ1) is 9.10. The highest BCUT2D eigenvalue weighted by Gasteiger charge is 2.10. The van der Waals surface area contributed by atoms with Crippen LogP contribution in [-0.4, -0.2) is 17.9 Å².